The lowest BCUT2D eigenvalue weighted by Crippen LogP contribution is -2.51. The minimum absolute atomic E-state index is 0.00926. The van der Waals surface area contributed by atoms with Gasteiger partial charge in [0.25, 0.3) is 6.43 Å². The predicted molar refractivity (Wildman–Crippen MR) is 160 cm³/mol. The van der Waals surface area contributed by atoms with E-state index in [4.69, 9.17) is 10.5 Å². The first-order valence-corrected chi connectivity index (χ1v) is 15.1. The molecule has 0 spiro atoms. The molecule has 0 atom stereocenters. The molecule has 2 N–H and O–H groups in total. The lowest BCUT2D eigenvalue weighted by Gasteiger charge is -2.36. The molecule has 3 fully saturated rings. The summed E-state index contributed by atoms with van der Waals surface area (Å²) in [6.45, 7) is 8.72. The van der Waals surface area contributed by atoms with Crippen LogP contribution >= 0.6 is 0 Å². The van der Waals surface area contributed by atoms with Gasteiger partial charge in [-0.15, -0.1) is 0 Å². The van der Waals surface area contributed by atoms with Gasteiger partial charge in [0, 0.05) is 57.9 Å². The lowest BCUT2D eigenvalue weighted by molar-refractivity contribution is -0.132. The van der Waals surface area contributed by atoms with Crippen molar-refractivity contribution in [3.63, 3.8) is 0 Å². The molecule has 1 saturated carbocycles. The number of hydrogen-bond acceptors (Lipinski definition) is 12. The standard InChI is InChI=1S/C29H40F2N10O3/c1-3-22(42)20-6-4-19(5-7-20)17-38(2)18-23(43)39-8-10-40(11-9-39)28-35-26(21-16-33-27(32)34-24(21)25(30)31)36-29(37-28)41-12-14-44-15-13-41/h3,16,19-20,25H,1,4-15,17-18H2,2H3,(H2,32,33,34). The highest BCUT2D eigenvalue weighted by molar-refractivity contribution is 5.91. The Kier molecular flexibility index (Phi) is 10.3. The molecular formula is C29H40F2N10O3. The number of anilines is 3. The van der Waals surface area contributed by atoms with Crippen LogP contribution in [0.2, 0.25) is 0 Å². The maximum Gasteiger partial charge on any atom is 0.281 e. The molecule has 13 nitrogen and oxygen atoms in total. The number of nitrogens with zero attached hydrogens (tertiary/aromatic N) is 9. The molecule has 0 unspecified atom stereocenters. The molecule has 15 heteroatoms. The molecule has 44 heavy (non-hydrogen) atoms. The summed E-state index contributed by atoms with van der Waals surface area (Å²) in [6.07, 6.45) is 3.44. The van der Waals surface area contributed by atoms with Crippen LogP contribution in [-0.4, -0.2) is 119 Å². The van der Waals surface area contributed by atoms with Gasteiger partial charge in [-0.05, 0) is 44.7 Å². The molecule has 2 aromatic heterocycles. The van der Waals surface area contributed by atoms with Crippen molar-refractivity contribution in [2.24, 2.45) is 11.8 Å². The number of ketones is 1. The Balaban J connectivity index is 1.23. The van der Waals surface area contributed by atoms with Crippen molar-refractivity contribution in [1.82, 2.24) is 34.7 Å². The van der Waals surface area contributed by atoms with Crippen LogP contribution in [0.15, 0.2) is 18.9 Å². The maximum atomic E-state index is 13.9. The number of nitrogens with two attached hydrogens (primary N) is 1. The van der Waals surface area contributed by atoms with Crippen LogP contribution in [-0.2, 0) is 14.3 Å². The SMILES string of the molecule is C=CC(=O)C1CCC(CN(C)CC(=O)N2CCN(c3nc(-c4cnc(N)nc4C(F)F)nc(N4CCOCC4)n3)CC2)CC1. The van der Waals surface area contributed by atoms with Crippen molar-refractivity contribution in [2.75, 3.05) is 88.2 Å². The molecule has 2 aromatic rings. The number of alkyl halides is 2. The Morgan fingerprint density at radius 1 is 1.02 bits per heavy atom. The zero-order valence-electron chi connectivity index (χ0n) is 25.1. The van der Waals surface area contributed by atoms with E-state index < -0.39 is 12.1 Å². The van der Waals surface area contributed by atoms with Crippen molar-refractivity contribution in [3.8, 4) is 11.4 Å². The molecular weight excluding hydrogens is 574 g/mol. The van der Waals surface area contributed by atoms with Gasteiger partial charge < -0.3 is 25.2 Å². The topological polar surface area (TPSA) is 147 Å². The van der Waals surface area contributed by atoms with Crippen LogP contribution < -0.4 is 15.5 Å². The van der Waals surface area contributed by atoms with Crippen LogP contribution in [0.25, 0.3) is 11.4 Å². The van der Waals surface area contributed by atoms with Gasteiger partial charge in [-0.1, -0.05) is 6.58 Å². The second-order valence-corrected chi connectivity index (χ2v) is 11.6. The summed E-state index contributed by atoms with van der Waals surface area (Å²) in [4.78, 5) is 54.2. The van der Waals surface area contributed by atoms with Gasteiger partial charge >= 0.3 is 0 Å². The van der Waals surface area contributed by atoms with Gasteiger partial charge in [-0.3, -0.25) is 14.5 Å². The molecule has 0 aromatic carbocycles. The molecule has 2 aliphatic heterocycles. The Labute approximate surface area is 255 Å². The van der Waals surface area contributed by atoms with Crippen LogP contribution in [0.4, 0.5) is 26.6 Å². The van der Waals surface area contributed by atoms with Crippen molar-refractivity contribution < 1.29 is 23.1 Å². The second kappa shape index (κ2) is 14.3. The number of hydrogen-bond donors (Lipinski definition) is 1. The van der Waals surface area contributed by atoms with Gasteiger partial charge in [0.1, 0.15) is 5.69 Å². The number of aromatic nitrogens is 5. The summed E-state index contributed by atoms with van der Waals surface area (Å²) in [5, 5.41) is 0. The number of morpholine rings is 1. The molecule has 0 bridgehead atoms. The minimum Gasteiger partial charge on any atom is -0.378 e. The normalized spacial score (nSPS) is 21.2. The number of carbonyl (C=O) groups is 2. The molecule has 4 heterocycles. The van der Waals surface area contributed by atoms with Crippen LogP contribution in [0.5, 0.6) is 0 Å². The summed E-state index contributed by atoms with van der Waals surface area (Å²) in [5.74, 6) is 1.21. The first-order chi connectivity index (χ1) is 21.2. The van der Waals surface area contributed by atoms with Crippen molar-refractivity contribution in [2.45, 2.75) is 32.1 Å². The smallest absolute Gasteiger partial charge is 0.281 e. The summed E-state index contributed by atoms with van der Waals surface area (Å²) in [5.41, 5.74) is 5.03. The first kappa shape index (κ1) is 31.6. The molecule has 2 saturated heterocycles. The van der Waals surface area contributed by atoms with E-state index >= 15 is 0 Å². The average Bonchev–Trinajstić information content (AvgIpc) is 3.04. The Hall–Kier alpha value is -3.85. The first-order valence-electron chi connectivity index (χ1n) is 15.1. The van der Waals surface area contributed by atoms with E-state index in [2.05, 4.69) is 36.4 Å². The van der Waals surface area contributed by atoms with Gasteiger partial charge in [0.15, 0.2) is 11.6 Å². The number of rotatable bonds is 10. The van der Waals surface area contributed by atoms with E-state index in [-0.39, 0.29) is 34.9 Å². The predicted octanol–water partition coefficient (Wildman–Crippen LogP) is 1.83. The summed E-state index contributed by atoms with van der Waals surface area (Å²) < 4.78 is 33.2. The highest BCUT2D eigenvalue weighted by Crippen LogP contribution is 2.31. The maximum absolute atomic E-state index is 13.9. The fraction of sp³-hybridized carbons (Fsp3) is 0.621. The Morgan fingerprint density at radius 3 is 2.27 bits per heavy atom. The zero-order chi connectivity index (χ0) is 31.2. The third-order valence-corrected chi connectivity index (χ3v) is 8.53. The molecule has 0 radical (unpaired) electrons. The van der Waals surface area contributed by atoms with E-state index in [0.29, 0.717) is 76.8 Å². The van der Waals surface area contributed by atoms with Crippen molar-refractivity contribution in [3.05, 3.63) is 24.5 Å². The number of halogens is 2. The Bertz CT molecular complexity index is 1330. The number of carbonyl (C=O) groups excluding carboxylic acids is 2. The number of piperazine rings is 1. The van der Waals surface area contributed by atoms with E-state index in [1.807, 2.05) is 21.7 Å². The van der Waals surface area contributed by atoms with Gasteiger partial charge in [0.2, 0.25) is 23.8 Å². The van der Waals surface area contributed by atoms with Gasteiger partial charge in [-0.25, -0.2) is 18.7 Å². The van der Waals surface area contributed by atoms with Crippen LogP contribution in [0.3, 0.4) is 0 Å². The number of likely N-dealkylation sites (N-methyl/N-ethyl adjacent to an activating group) is 1. The highest BCUT2D eigenvalue weighted by atomic mass is 19.3. The lowest BCUT2D eigenvalue weighted by atomic mass is 9.80. The van der Waals surface area contributed by atoms with Crippen molar-refractivity contribution in [1.29, 1.82) is 0 Å². The summed E-state index contributed by atoms with van der Waals surface area (Å²) >= 11 is 0. The summed E-state index contributed by atoms with van der Waals surface area (Å²) in [6, 6.07) is 0. The van der Waals surface area contributed by atoms with Crippen LogP contribution in [0, 0.1) is 11.8 Å². The van der Waals surface area contributed by atoms with Gasteiger partial charge in [-0.2, -0.15) is 15.0 Å². The largest absolute Gasteiger partial charge is 0.378 e. The van der Waals surface area contributed by atoms with E-state index in [0.717, 1.165) is 32.2 Å². The molecule has 5 rings (SSSR count). The number of allylic oxidation sites excluding steroid dienone is 1. The minimum atomic E-state index is -2.90. The molecule has 238 valence electrons. The molecule has 1 amide bonds. The van der Waals surface area contributed by atoms with E-state index in [1.54, 1.807) is 0 Å². The fourth-order valence-corrected chi connectivity index (χ4v) is 6.06. The zero-order valence-corrected chi connectivity index (χ0v) is 25.1. The highest BCUT2D eigenvalue weighted by Gasteiger charge is 2.29. The number of nitrogen functional groups attached to an aromatic ring is 1. The van der Waals surface area contributed by atoms with Gasteiger partial charge in [0.05, 0.1) is 25.3 Å². The summed E-state index contributed by atoms with van der Waals surface area (Å²) in [7, 11) is 1.96. The van der Waals surface area contributed by atoms with E-state index in [9.17, 15) is 18.4 Å². The average molecular weight is 615 g/mol. The molecule has 3 aliphatic rings. The fourth-order valence-electron chi connectivity index (χ4n) is 6.06. The quantitative estimate of drug-likeness (QED) is 0.390. The Morgan fingerprint density at radius 2 is 1.66 bits per heavy atom. The van der Waals surface area contributed by atoms with E-state index in [1.165, 1.54) is 12.3 Å². The van der Waals surface area contributed by atoms with Crippen molar-refractivity contribution >= 4 is 29.5 Å². The number of amides is 1. The van der Waals surface area contributed by atoms with Crippen LogP contribution in [0.1, 0.15) is 37.8 Å². The molecule has 1 aliphatic carbocycles. The number of ether oxygens (including phenoxy) is 1. The third-order valence-electron chi connectivity index (χ3n) is 8.53. The second-order valence-electron chi connectivity index (χ2n) is 11.6. The monoisotopic (exact) mass is 614 g/mol. The third kappa shape index (κ3) is 7.62.